The van der Waals surface area contributed by atoms with Crippen molar-refractivity contribution in [1.82, 2.24) is 0 Å². The summed E-state index contributed by atoms with van der Waals surface area (Å²) in [6, 6.07) is 0. The van der Waals surface area contributed by atoms with E-state index in [1.165, 1.54) is 0 Å². The molecule has 0 spiro atoms. The molecule has 0 heterocycles. The summed E-state index contributed by atoms with van der Waals surface area (Å²) in [6.45, 7) is 4.07. The van der Waals surface area contributed by atoms with Crippen LogP contribution in [0.15, 0.2) is 0 Å². The summed E-state index contributed by atoms with van der Waals surface area (Å²) < 4.78 is 0. The number of unbranched alkanes of at least 4 members (excludes halogenated alkanes) is 4. The molecule has 0 rings (SSSR count). The largest absolute Gasteiger partial charge is 1.00 e. The summed E-state index contributed by atoms with van der Waals surface area (Å²) >= 11 is 0. The van der Waals surface area contributed by atoms with E-state index in [-0.39, 0.29) is 82.9 Å². The molecule has 0 fully saturated rings. The molecule has 0 radical (unpaired) electrons. The Kier molecular flexibility index (Phi) is 59.6. The van der Waals surface area contributed by atoms with Crippen LogP contribution in [0, 0.1) is 0 Å². The molecule has 0 aliphatic heterocycles. The van der Waals surface area contributed by atoms with Gasteiger partial charge in [0.15, 0.2) is 0 Å². The van der Waals surface area contributed by atoms with Crippen molar-refractivity contribution < 1.29 is 89.9 Å². The van der Waals surface area contributed by atoms with Crippen LogP contribution in [0.25, 0.3) is 0 Å². The van der Waals surface area contributed by atoms with E-state index >= 15 is 0 Å². The maximum Gasteiger partial charge on any atom is 1.00 e. The second-order valence-electron chi connectivity index (χ2n) is 3.66. The predicted octanol–water partition coefficient (Wildman–Crippen LogP) is -7.01. The molecule has 0 atom stereocenters. The first-order chi connectivity index (χ1) is 7.54. The van der Waals surface area contributed by atoms with E-state index in [4.69, 9.17) is 0 Å². The zero-order valence-electron chi connectivity index (χ0n) is 13.3. The summed E-state index contributed by atoms with van der Waals surface area (Å²) in [4.78, 5) is 19.5. The molecular weight excluding hydrogens is 286 g/mol. The zero-order chi connectivity index (χ0) is 12.8. The van der Waals surface area contributed by atoms with Crippen molar-refractivity contribution in [2.24, 2.45) is 0 Å². The van der Waals surface area contributed by atoms with E-state index in [1.54, 1.807) is 0 Å². The maximum atomic E-state index is 9.76. The van der Waals surface area contributed by atoms with Crippen LogP contribution in [0.1, 0.15) is 65.2 Å². The summed E-state index contributed by atoms with van der Waals surface area (Å²) in [5.74, 6) is -1.86. The van der Waals surface area contributed by atoms with E-state index in [9.17, 15) is 19.8 Å². The number of hydrogen-bond acceptors (Lipinski definition) is 4. The smallest absolute Gasteiger partial charge is 0.550 e. The minimum atomic E-state index is -0.932. The van der Waals surface area contributed by atoms with Crippen molar-refractivity contribution in [3.63, 3.8) is 0 Å². The molecule has 0 aliphatic rings. The van der Waals surface area contributed by atoms with E-state index < -0.39 is 11.9 Å². The van der Waals surface area contributed by atoms with Gasteiger partial charge in [0, 0.05) is 11.9 Å². The second kappa shape index (κ2) is 32.0. The molecule has 0 aromatic carbocycles. The third-order valence-corrected chi connectivity index (χ3v) is 1.97. The van der Waals surface area contributed by atoms with E-state index in [0.29, 0.717) is 0 Å². The molecule has 0 amide bonds. The Bertz CT molecular complexity index is 171. The molecule has 0 bridgehead atoms. The maximum absolute atomic E-state index is 9.76. The minimum absolute atomic E-state index is 0. The number of carboxylic acids is 2. The zero-order valence-corrected chi connectivity index (χ0v) is 17.3. The number of carboxylic acid groups (broad SMARTS) is 2. The van der Waals surface area contributed by atoms with Crippen molar-refractivity contribution >= 4 is 11.9 Å². The molecule has 0 unspecified atom stereocenters. The van der Waals surface area contributed by atoms with Gasteiger partial charge in [0.05, 0.1) is 0 Å². The van der Waals surface area contributed by atoms with Crippen LogP contribution in [-0.2, 0) is 9.59 Å². The minimum Gasteiger partial charge on any atom is -0.550 e. The van der Waals surface area contributed by atoms with Crippen molar-refractivity contribution in [3.05, 3.63) is 0 Å². The van der Waals surface area contributed by atoms with Gasteiger partial charge < -0.3 is 30.8 Å². The van der Waals surface area contributed by atoms with Gasteiger partial charge in [-0.05, 0) is 25.7 Å². The summed E-state index contributed by atoms with van der Waals surface area (Å²) in [5.41, 5.74) is 0. The average Bonchev–Trinajstić information content (AvgIpc) is 2.18. The molecule has 0 aromatic heterocycles. The number of rotatable bonds is 8. The fraction of sp³-hybridized carbons (Fsp3) is 0.833. The van der Waals surface area contributed by atoms with Crippen LogP contribution in [0.3, 0.4) is 0 Å². The Morgan fingerprint density at radius 2 is 0.950 bits per heavy atom. The Labute approximate surface area is 165 Å². The molecule has 8 heteroatoms. The monoisotopic (exact) mass is 312 g/mol. The van der Waals surface area contributed by atoms with Gasteiger partial charge in [0.1, 0.15) is 0 Å². The van der Waals surface area contributed by atoms with Gasteiger partial charge in [0.2, 0.25) is 0 Å². The molecule has 0 saturated carbocycles. The van der Waals surface area contributed by atoms with Crippen LogP contribution < -0.4 is 69.3 Å². The van der Waals surface area contributed by atoms with Crippen molar-refractivity contribution in [3.8, 4) is 0 Å². The fourth-order valence-corrected chi connectivity index (χ4v) is 1.04. The predicted molar refractivity (Wildman–Crippen MR) is 65.5 cm³/mol. The third-order valence-electron chi connectivity index (χ3n) is 1.97. The normalized spacial score (nSPS) is 7.30. The molecule has 112 valence electrons. The van der Waals surface area contributed by atoms with E-state index in [2.05, 4.69) is 0 Å². The van der Waals surface area contributed by atoms with Crippen LogP contribution in [0.4, 0.5) is 0 Å². The quantitative estimate of drug-likeness (QED) is 0.324. The van der Waals surface area contributed by atoms with Gasteiger partial charge >= 0.3 is 59.1 Å². The first-order valence-electron chi connectivity index (χ1n) is 5.94. The number of carbonyl (C=O) groups is 2. The van der Waals surface area contributed by atoms with Gasteiger partial charge in [-0.25, -0.2) is 0 Å². The van der Waals surface area contributed by atoms with Crippen LogP contribution in [0.5, 0.6) is 0 Å². The molecule has 0 saturated heterocycles. The molecule has 0 aliphatic carbocycles. The van der Waals surface area contributed by atoms with E-state index in [1.807, 2.05) is 13.8 Å². The Morgan fingerprint density at radius 3 is 1.10 bits per heavy atom. The summed E-state index contributed by atoms with van der Waals surface area (Å²) in [6.07, 6.45) is 6.07. The number of hydrogen-bond donors (Lipinski definition) is 0. The van der Waals surface area contributed by atoms with Crippen molar-refractivity contribution in [2.45, 2.75) is 65.2 Å². The summed E-state index contributed by atoms with van der Waals surface area (Å²) in [7, 11) is 0. The topological polar surface area (TPSA) is 143 Å². The van der Waals surface area contributed by atoms with Crippen LogP contribution in [0.2, 0.25) is 0 Å². The van der Waals surface area contributed by atoms with Crippen molar-refractivity contribution in [2.75, 3.05) is 0 Å². The number of aliphatic carboxylic acids is 2. The van der Waals surface area contributed by atoms with Crippen molar-refractivity contribution in [1.29, 1.82) is 0 Å². The molecule has 0 aromatic rings. The molecule has 4 N–H and O–H groups in total. The van der Waals surface area contributed by atoms with Crippen LogP contribution in [-0.4, -0.2) is 22.9 Å². The molecule has 6 nitrogen and oxygen atoms in total. The van der Waals surface area contributed by atoms with Gasteiger partial charge in [-0.15, -0.1) is 0 Å². The summed E-state index contributed by atoms with van der Waals surface area (Å²) in [5, 5.41) is 19.5. The van der Waals surface area contributed by atoms with Crippen LogP contribution >= 0.6 is 0 Å². The molecular formula is C12H26Na2O6. The Balaban J connectivity index is -0.0000000408. The first kappa shape index (κ1) is 37.3. The SMILES string of the molecule is CCCCCC(=O)[O-].CCCCCC(=O)[O-].O.O.[Na+].[Na+]. The van der Waals surface area contributed by atoms with Gasteiger partial charge in [-0.3, -0.25) is 0 Å². The van der Waals surface area contributed by atoms with Gasteiger partial charge in [-0.1, -0.05) is 39.5 Å². The average molecular weight is 312 g/mol. The number of carbonyl (C=O) groups excluding carboxylic acids is 2. The Morgan fingerprint density at radius 1 is 0.700 bits per heavy atom. The van der Waals surface area contributed by atoms with E-state index in [0.717, 1.165) is 38.5 Å². The van der Waals surface area contributed by atoms with Gasteiger partial charge in [0.25, 0.3) is 0 Å². The third kappa shape index (κ3) is 51.0. The second-order valence-corrected chi connectivity index (χ2v) is 3.66. The molecule has 20 heavy (non-hydrogen) atoms. The Hall–Kier alpha value is 0.860. The fourth-order valence-electron chi connectivity index (χ4n) is 1.04. The standard InChI is InChI=1S/2C6H12O2.2Na.2H2O/c2*1-2-3-4-5-6(7)8;;;;/h2*2-5H2,1H3,(H,7,8);;;2*1H2/q;;2*+1;;/p-2. The first-order valence-corrected chi connectivity index (χ1v) is 5.94. The van der Waals surface area contributed by atoms with Gasteiger partial charge in [-0.2, -0.15) is 0 Å².